The van der Waals surface area contributed by atoms with Crippen LogP contribution >= 0.6 is 0 Å². The summed E-state index contributed by atoms with van der Waals surface area (Å²) >= 11 is 0. The molecule has 0 bridgehead atoms. The lowest BCUT2D eigenvalue weighted by Crippen LogP contribution is -2.52. The van der Waals surface area contributed by atoms with Gasteiger partial charge >= 0.3 is 12.2 Å². The summed E-state index contributed by atoms with van der Waals surface area (Å²) < 4.78 is 10.7. The van der Waals surface area contributed by atoms with Crippen LogP contribution in [0.2, 0.25) is 0 Å². The lowest BCUT2D eigenvalue weighted by Gasteiger charge is -2.24. The van der Waals surface area contributed by atoms with Gasteiger partial charge in [-0.15, -0.1) is 0 Å². The molecule has 0 fully saturated rings. The van der Waals surface area contributed by atoms with Crippen molar-refractivity contribution < 1.29 is 28.7 Å². The number of nitrogens with one attached hydrogen (secondary N) is 5. The molecule has 5 N–H and O–H groups in total. The molecule has 0 saturated heterocycles. The number of fused-ring (bicyclic) bond motifs is 1. The van der Waals surface area contributed by atoms with Gasteiger partial charge in [-0.1, -0.05) is 48.5 Å². The van der Waals surface area contributed by atoms with E-state index < -0.39 is 47.3 Å². The van der Waals surface area contributed by atoms with Gasteiger partial charge in [0.25, 0.3) is 0 Å². The van der Waals surface area contributed by atoms with Crippen LogP contribution in [0.5, 0.6) is 0 Å². The monoisotopic (exact) mass is 593 g/mol. The van der Waals surface area contributed by atoms with Crippen LogP contribution in [0.1, 0.15) is 52.7 Å². The average molecular weight is 594 g/mol. The van der Waals surface area contributed by atoms with Gasteiger partial charge in [0.15, 0.2) is 0 Å². The molecule has 3 rings (SSSR count). The molecule has 3 aromatic rings. The quantitative estimate of drug-likeness (QED) is 0.212. The van der Waals surface area contributed by atoms with E-state index in [4.69, 9.17) is 9.47 Å². The van der Waals surface area contributed by atoms with Crippen molar-refractivity contribution in [3.8, 4) is 0 Å². The number of H-pyrrole nitrogens is 1. The Morgan fingerprint density at radius 3 is 1.72 bits per heavy atom. The van der Waals surface area contributed by atoms with Crippen LogP contribution in [0.25, 0.3) is 10.9 Å². The van der Waals surface area contributed by atoms with Gasteiger partial charge in [0.1, 0.15) is 23.3 Å². The lowest BCUT2D eigenvalue weighted by atomic mass is 10.0. The molecule has 0 aliphatic heterocycles. The Kier molecular flexibility index (Phi) is 11.2. The van der Waals surface area contributed by atoms with E-state index in [1.54, 1.807) is 41.5 Å². The molecular weight excluding hydrogens is 550 g/mol. The van der Waals surface area contributed by atoms with Gasteiger partial charge < -0.3 is 35.7 Å². The molecule has 1 heterocycles. The maximum absolute atomic E-state index is 13.2. The van der Waals surface area contributed by atoms with E-state index in [1.165, 1.54) is 0 Å². The third kappa shape index (κ3) is 11.3. The van der Waals surface area contributed by atoms with E-state index >= 15 is 0 Å². The summed E-state index contributed by atoms with van der Waals surface area (Å²) in [7, 11) is 0. The molecule has 43 heavy (non-hydrogen) atoms. The zero-order valence-electron chi connectivity index (χ0n) is 25.7. The van der Waals surface area contributed by atoms with Crippen LogP contribution in [0.3, 0.4) is 0 Å². The first-order valence-corrected chi connectivity index (χ1v) is 14.3. The highest BCUT2D eigenvalue weighted by Crippen LogP contribution is 2.19. The van der Waals surface area contributed by atoms with Gasteiger partial charge in [0.2, 0.25) is 11.8 Å². The topological polar surface area (TPSA) is 151 Å². The molecule has 11 nitrogen and oxygen atoms in total. The minimum absolute atomic E-state index is 0.0927. The fourth-order valence-electron chi connectivity index (χ4n) is 4.31. The maximum Gasteiger partial charge on any atom is 0.408 e. The van der Waals surface area contributed by atoms with Crippen molar-refractivity contribution in [1.29, 1.82) is 0 Å². The molecule has 11 heteroatoms. The first kappa shape index (κ1) is 33.0. The van der Waals surface area contributed by atoms with Crippen molar-refractivity contribution in [3.63, 3.8) is 0 Å². The number of ether oxygens (including phenoxy) is 2. The van der Waals surface area contributed by atoms with Crippen LogP contribution < -0.4 is 21.3 Å². The molecule has 0 spiro atoms. The van der Waals surface area contributed by atoms with Crippen molar-refractivity contribution in [3.05, 3.63) is 71.9 Å². The lowest BCUT2D eigenvalue weighted by molar-refractivity contribution is -0.124. The fourth-order valence-corrected chi connectivity index (χ4v) is 4.31. The van der Waals surface area contributed by atoms with Crippen LogP contribution in [-0.4, -0.2) is 65.4 Å². The molecule has 2 aromatic carbocycles. The third-order valence-electron chi connectivity index (χ3n) is 6.12. The molecule has 0 aliphatic carbocycles. The smallest absolute Gasteiger partial charge is 0.408 e. The largest absolute Gasteiger partial charge is 0.444 e. The Morgan fingerprint density at radius 2 is 1.19 bits per heavy atom. The highest BCUT2D eigenvalue weighted by Gasteiger charge is 2.27. The molecule has 0 unspecified atom stereocenters. The number of carbonyl (C=O) groups is 4. The Bertz CT molecular complexity index is 1390. The highest BCUT2D eigenvalue weighted by molar-refractivity contribution is 5.89. The second kappa shape index (κ2) is 14.6. The van der Waals surface area contributed by atoms with Crippen molar-refractivity contribution in [2.24, 2.45) is 0 Å². The SMILES string of the molecule is CC(C)(C)OC(=O)N[C@@H](Cc1ccccc1)C(=O)NCCNC(=O)[C@H](Cc1c[nH]c2ccccc12)NC(=O)OC(C)(C)C. The predicted molar refractivity (Wildman–Crippen MR) is 164 cm³/mol. The maximum atomic E-state index is 13.2. The van der Waals surface area contributed by atoms with Gasteiger partial charge in [-0.2, -0.15) is 0 Å². The van der Waals surface area contributed by atoms with Gasteiger partial charge in [-0.3, -0.25) is 9.59 Å². The van der Waals surface area contributed by atoms with E-state index in [0.717, 1.165) is 22.0 Å². The van der Waals surface area contributed by atoms with E-state index in [2.05, 4.69) is 26.3 Å². The number of rotatable bonds is 11. The summed E-state index contributed by atoms with van der Waals surface area (Å²) in [5, 5.41) is 11.8. The van der Waals surface area contributed by atoms with Crippen LogP contribution in [0, 0.1) is 0 Å². The number of alkyl carbamates (subject to hydrolysis) is 2. The number of aromatic nitrogens is 1. The first-order chi connectivity index (χ1) is 20.2. The summed E-state index contributed by atoms with van der Waals surface area (Å²) in [6.07, 6.45) is 0.875. The Morgan fingerprint density at radius 1 is 0.698 bits per heavy atom. The van der Waals surface area contributed by atoms with E-state index in [-0.39, 0.29) is 25.9 Å². The van der Waals surface area contributed by atoms with Gasteiger partial charge in [-0.25, -0.2) is 9.59 Å². The number of hydrogen-bond donors (Lipinski definition) is 5. The fraction of sp³-hybridized carbons (Fsp3) is 0.438. The van der Waals surface area contributed by atoms with E-state index in [0.29, 0.717) is 0 Å². The number of aromatic amines is 1. The Hall–Kier alpha value is -4.54. The normalized spacial score (nSPS) is 13.0. The molecule has 0 aliphatic rings. The van der Waals surface area contributed by atoms with Crippen molar-refractivity contribution in [1.82, 2.24) is 26.3 Å². The number of para-hydroxylation sites is 1. The summed E-state index contributed by atoms with van der Waals surface area (Å²) in [5.41, 5.74) is 1.18. The minimum Gasteiger partial charge on any atom is -0.444 e. The number of hydrogen-bond acceptors (Lipinski definition) is 6. The second-order valence-electron chi connectivity index (χ2n) is 12.2. The number of benzene rings is 2. The Labute approximate surface area is 252 Å². The van der Waals surface area contributed by atoms with Crippen LogP contribution in [0.15, 0.2) is 60.8 Å². The Balaban J connectivity index is 1.62. The number of amides is 4. The zero-order chi connectivity index (χ0) is 31.6. The van der Waals surface area contributed by atoms with E-state index in [9.17, 15) is 19.2 Å². The predicted octanol–water partition coefficient (Wildman–Crippen LogP) is 3.97. The molecular formula is C32H43N5O6. The first-order valence-electron chi connectivity index (χ1n) is 14.3. The van der Waals surface area contributed by atoms with Gasteiger partial charge in [-0.05, 0) is 58.7 Å². The molecule has 2 atom stereocenters. The van der Waals surface area contributed by atoms with Crippen LogP contribution in [-0.2, 0) is 31.9 Å². The molecule has 0 saturated carbocycles. The molecule has 232 valence electrons. The molecule has 0 radical (unpaired) electrons. The van der Waals surface area contributed by atoms with Crippen molar-refractivity contribution >= 4 is 34.9 Å². The zero-order valence-corrected chi connectivity index (χ0v) is 25.7. The standard InChI is InChI=1S/C32H43N5O6/c1-31(2,3)42-29(40)36-25(18-21-12-8-7-9-13-21)27(38)33-16-17-34-28(39)26(37-30(41)43-32(4,5)6)19-22-20-35-24-15-11-10-14-23(22)24/h7-15,20,25-26,35H,16-19H2,1-6H3,(H,33,38)(H,34,39)(H,36,40)(H,37,41)/t25-,26-/m0/s1. The van der Waals surface area contributed by atoms with E-state index in [1.807, 2.05) is 60.8 Å². The summed E-state index contributed by atoms with van der Waals surface area (Å²) in [6, 6.07) is 15.2. The van der Waals surface area contributed by atoms with Crippen molar-refractivity contribution in [2.45, 2.75) is 77.7 Å². The second-order valence-corrected chi connectivity index (χ2v) is 12.2. The summed E-state index contributed by atoms with van der Waals surface area (Å²) in [4.78, 5) is 54.5. The number of carbonyl (C=O) groups excluding carboxylic acids is 4. The average Bonchev–Trinajstić information content (AvgIpc) is 3.31. The van der Waals surface area contributed by atoms with Crippen molar-refractivity contribution in [2.75, 3.05) is 13.1 Å². The summed E-state index contributed by atoms with van der Waals surface area (Å²) in [5.74, 6) is -0.857. The molecule has 4 amide bonds. The minimum atomic E-state index is -0.926. The van der Waals surface area contributed by atoms with Gasteiger partial charge in [0.05, 0.1) is 0 Å². The summed E-state index contributed by atoms with van der Waals surface area (Å²) in [6.45, 7) is 10.6. The van der Waals surface area contributed by atoms with Gasteiger partial charge in [0, 0.05) is 43.0 Å². The third-order valence-corrected chi connectivity index (χ3v) is 6.12. The van der Waals surface area contributed by atoms with Crippen LogP contribution in [0.4, 0.5) is 9.59 Å². The highest BCUT2D eigenvalue weighted by atomic mass is 16.6. The molecule has 1 aromatic heterocycles.